The summed E-state index contributed by atoms with van der Waals surface area (Å²) in [5.41, 5.74) is 0.687. The molecule has 1 atom stereocenters. The number of hydrogen-bond acceptors (Lipinski definition) is 3. The summed E-state index contributed by atoms with van der Waals surface area (Å²) < 4.78 is 26.7. The van der Waals surface area contributed by atoms with Gasteiger partial charge in [-0.1, -0.05) is 26.8 Å². The SMILES string of the molecule is CCc1ccc(S(=O)(=O)N(CC)C(C)CC)cc1C(=O)O. The summed E-state index contributed by atoms with van der Waals surface area (Å²) in [7, 11) is -3.67. The molecule has 0 fully saturated rings. The van der Waals surface area contributed by atoms with E-state index in [1.54, 1.807) is 13.0 Å². The molecule has 1 rings (SSSR count). The standard InChI is InChI=1S/C15H23NO4S/c1-5-11(4)16(7-3)21(19,20)13-9-8-12(6-2)14(10-13)15(17)18/h8-11H,5-7H2,1-4H3,(H,17,18). The molecule has 0 aliphatic rings. The minimum atomic E-state index is -3.67. The molecule has 0 aliphatic carbocycles. The summed E-state index contributed by atoms with van der Waals surface area (Å²) in [4.78, 5) is 11.3. The highest BCUT2D eigenvalue weighted by Gasteiger charge is 2.28. The molecule has 0 radical (unpaired) electrons. The summed E-state index contributed by atoms with van der Waals surface area (Å²) in [5, 5.41) is 9.23. The van der Waals surface area contributed by atoms with Gasteiger partial charge in [-0.15, -0.1) is 0 Å². The van der Waals surface area contributed by atoms with Crippen LogP contribution in [0.25, 0.3) is 0 Å². The first-order valence-electron chi connectivity index (χ1n) is 7.17. The summed E-state index contributed by atoms with van der Waals surface area (Å²) in [6.07, 6.45) is 1.25. The van der Waals surface area contributed by atoms with Crippen LogP contribution in [0.5, 0.6) is 0 Å². The molecule has 6 heteroatoms. The summed E-state index contributed by atoms with van der Waals surface area (Å²) >= 11 is 0. The Morgan fingerprint density at radius 1 is 1.29 bits per heavy atom. The molecule has 1 unspecified atom stereocenters. The molecule has 0 heterocycles. The van der Waals surface area contributed by atoms with Gasteiger partial charge < -0.3 is 5.11 Å². The number of nitrogens with zero attached hydrogens (tertiary/aromatic N) is 1. The van der Waals surface area contributed by atoms with Gasteiger partial charge in [0.15, 0.2) is 0 Å². The second-order valence-electron chi connectivity index (χ2n) is 4.94. The first-order chi connectivity index (χ1) is 9.79. The third-order valence-electron chi connectivity index (χ3n) is 3.69. The molecule has 118 valence electrons. The highest BCUT2D eigenvalue weighted by Crippen LogP contribution is 2.22. The highest BCUT2D eigenvalue weighted by atomic mass is 32.2. The molecule has 0 bridgehead atoms. The van der Waals surface area contributed by atoms with E-state index >= 15 is 0 Å². The van der Waals surface area contributed by atoms with Crippen molar-refractivity contribution in [3.05, 3.63) is 29.3 Å². The van der Waals surface area contributed by atoms with Crippen molar-refractivity contribution < 1.29 is 18.3 Å². The van der Waals surface area contributed by atoms with Crippen molar-refractivity contribution in [1.82, 2.24) is 4.31 Å². The minimum absolute atomic E-state index is 0.0410. The predicted molar refractivity (Wildman–Crippen MR) is 82.1 cm³/mol. The van der Waals surface area contributed by atoms with E-state index in [1.165, 1.54) is 16.4 Å². The van der Waals surface area contributed by atoms with E-state index in [0.717, 1.165) is 0 Å². The zero-order valence-corrected chi connectivity index (χ0v) is 13.8. The normalized spacial score (nSPS) is 13.4. The number of benzene rings is 1. The fourth-order valence-corrected chi connectivity index (χ4v) is 4.02. The zero-order valence-electron chi connectivity index (χ0n) is 13.0. The van der Waals surface area contributed by atoms with Crippen LogP contribution in [0.15, 0.2) is 23.1 Å². The Morgan fingerprint density at radius 2 is 1.90 bits per heavy atom. The average Bonchev–Trinajstić information content (AvgIpc) is 2.46. The van der Waals surface area contributed by atoms with Crippen molar-refractivity contribution in [3.63, 3.8) is 0 Å². The topological polar surface area (TPSA) is 74.7 Å². The van der Waals surface area contributed by atoms with Crippen molar-refractivity contribution in [2.45, 2.75) is 51.5 Å². The number of carboxylic acids is 1. The molecule has 0 saturated carbocycles. The third kappa shape index (κ3) is 3.63. The molecule has 0 saturated heterocycles. The van der Waals surface area contributed by atoms with Crippen molar-refractivity contribution in [2.75, 3.05) is 6.54 Å². The lowest BCUT2D eigenvalue weighted by atomic mass is 10.1. The molecule has 1 aromatic rings. The zero-order chi connectivity index (χ0) is 16.2. The van der Waals surface area contributed by atoms with E-state index in [1.807, 2.05) is 20.8 Å². The molecule has 1 aromatic carbocycles. The van der Waals surface area contributed by atoms with Crippen LogP contribution in [0.4, 0.5) is 0 Å². The molecule has 0 aromatic heterocycles. The van der Waals surface area contributed by atoms with E-state index < -0.39 is 16.0 Å². The number of hydrogen-bond donors (Lipinski definition) is 1. The highest BCUT2D eigenvalue weighted by molar-refractivity contribution is 7.89. The van der Waals surface area contributed by atoms with Crippen LogP contribution in [-0.2, 0) is 16.4 Å². The van der Waals surface area contributed by atoms with E-state index in [-0.39, 0.29) is 16.5 Å². The lowest BCUT2D eigenvalue weighted by Gasteiger charge is -2.26. The Balaban J connectivity index is 3.38. The van der Waals surface area contributed by atoms with Crippen LogP contribution in [0, 0.1) is 0 Å². The number of aryl methyl sites for hydroxylation is 1. The molecular weight excluding hydrogens is 290 g/mol. The molecule has 0 amide bonds. The van der Waals surface area contributed by atoms with Crippen LogP contribution in [0.2, 0.25) is 0 Å². The van der Waals surface area contributed by atoms with Crippen LogP contribution in [-0.4, -0.2) is 36.4 Å². The van der Waals surface area contributed by atoms with Crippen molar-refractivity contribution in [2.24, 2.45) is 0 Å². The minimum Gasteiger partial charge on any atom is -0.478 e. The van der Waals surface area contributed by atoms with Gasteiger partial charge >= 0.3 is 5.97 Å². The van der Waals surface area contributed by atoms with Crippen LogP contribution < -0.4 is 0 Å². The number of sulfonamides is 1. The number of carbonyl (C=O) groups is 1. The van der Waals surface area contributed by atoms with Gasteiger partial charge in [0.2, 0.25) is 10.0 Å². The molecule has 5 nitrogen and oxygen atoms in total. The van der Waals surface area contributed by atoms with Crippen LogP contribution in [0.3, 0.4) is 0 Å². The summed E-state index contributed by atoms with van der Waals surface area (Å²) in [5.74, 6) is -1.10. The molecule has 0 aliphatic heterocycles. The lowest BCUT2D eigenvalue weighted by Crippen LogP contribution is -2.38. The second-order valence-corrected chi connectivity index (χ2v) is 6.83. The first kappa shape index (κ1) is 17.7. The molecular formula is C15H23NO4S. The Kier molecular flexibility index (Phi) is 5.92. The summed E-state index contributed by atoms with van der Waals surface area (Å²) in [6.45, 7) is 7.75. The van der Waals surface area contributed by atoms with Crippen molar-refractivity contribution in [1.29, 1.82) is 0 Å². The summed E-state index contributed by atoms with van der Waals surface area (Å²) in [6, 6.07) is 4.22. The molecule has 1 N–H and O–H groups in total. The van der Waals surface area contributed by atoms with Gasteiger partial charge in [-0.3, -0.25) is 0 Å². The van der Waals surface area contributed by atoms with Gasteiger partial charge in [0.1, 0.15) is 0 Å². The smallest absolute Gasteiger partial charge is 0.336 e. The number of carboxylic acid groups (broad SMARTS) is 1. The van der Waals surface area contributed by atoms with E-state index in [4.69, 9.17) is 0 Å². The largest absolute Gasteiger partial charge is 0.478 e. The lowest BCUT2D eigenvalue weighted by molar-refractivity contribution is 0.0695. The maximum atomic E-state index is 12.7. The fourth-order valence-electron chi connectivity index (χ4n) is 2.28. The predicted octanol–water partition coefficient (Wildman–Crippen LogP) is 2.76. The van der Waals surface area contributed by atoms with Crippen LogP contribution in [0.1, 0.15) is 50.0 Å². The van der Waals surface area contributed by atoms with E-state index in [2.05, 4.69) is 0 Å². The Labute approximate surface area is 126 Å². The number of rotatable bonds is 7. The van der Waals surface area contributed by atoms with Crippen molar-refractivity contribution >= 4 is 16.0 Å². The molecule has 0 spiro atoms. The Morgan fingerprint density at radius 3 is 2.33 bits per heavy atom. The van der Waals surface area contributed by atoms with E-state index in [0.29, 0.717) is 24.9 Å². The van der Waals surface area contributed by atoms with Gasteiger partial charge in [0, 0.05) is 12.6 Å². The maximum absolute atomic E-state index is 12.7. The van der Waals surface area contributed by atoms with Crippen LogP contribution >= 0.6 is 0 Å². The third-order valence-corrected chi connectivity index (χ3v) is 5.78. The number of aromatic carboxylic acids is 1. The quantitative estimate of drug-likeness (QED) is 0.840. The van der Waals surface area contributed by atoms with Gasteiger partial charge in [0.25, 0.3) is 0 Å². The van der Waals surface area contributed by atoms with Gasteiger partial charge in [-0.25, -0.2) is 13.2 Å². The fraction of sp³-hybridized carbons (Fsp3) is 0.533. The van der Waals surface area contributed by atoms with E-state index in [9.17, 15) is 18.3 Å². The van der Waals surface area contributed by atoms with Gasteiger partial charge in [-0.05, 0) is 37.5 Å². The first-order valence-corrected chi connectivity index (χ1v) is 8.61. The average molecular weight is 313 g/mol. The van der Waals surface area contributed by atoms with Crippen molar-refractivity contribution in [3.8, 4) is 0 Å². The maximum Gasteiger partial charge on any atom is 0.336 e. The van der Waals surface area contributed by atoms with Gasteiger partial charge in [0.05, 0.1) is 10.5 Å². The Hall–Kier alpha value is -1.40. The Bertz CT molecular complexity index is 610. The van der Waals surface area contributed by atoms with Gasteiger partial charge in [-0.2, -0.15) is 4.31 Å². The monoisotopic (exact) mass is 313 g/mol. The molecule has 21 heavy (non-hydrogen) atoms. The second kappa shape index (κ2) is 7.04.